The topological polar surface area (TPSA) is 47.5 Å². The van der Waals surface area contributed by atoms with Crippen LogP contribution in [0.15, 0.2) is 46.0 Å². The molecule has 0 aliphatic carbocycles. The van der Waals surface area contributed by atoms with E-state index in [-0.39, 0.29) is 11.6 Å². The molecule has 1 amide bonds. The maximum absolute atomic E-state index is 13.3. The van der Waals surface area contributed by atoms with Gasteiger partial charge in [0.1, 0.15) is 5.82 Å². The van der Waals surface area contributed by atoms with Crippen molar-refractivity contribution in [2.24, 2.45) is 4.99 Å². The van der Waals surface area contributed by atoms with Gasteiger partial charge in [0.25, 0.3) is 0 Å². The Bertz CT molecular complexity index is 846. The maximum Gasteiger partial charge on any atom is 0.315 e. The van der Waals surface area contributed by atoms with Crippen molar-refractivity contribution in [3.8, 4) is 0 Å². The molecule has 0 bridgehead atoms. The Hall–Kier alpha value is -2.21. The average Bonchev–Trinajstić information content (AvgIpc) is 3.08. The summed E-state index contributed by atoms with van der Waals surface area (Å²) in [6.45, 7) is 2.76. The predicted molar refractivity (Wildman–Crippen MR) is 78.7 cm³/mol. The first-order chi connectivity index (χ1) is 10.2. The van der Waals surface area contributed by atoms with E-state index in [1.807, 2.05) is 11.5 Å². The zero-order chi connectivity index (χ0) is 14.8. The number of carbonyl (C=O) groups is 1. The van der Waals surface area contributed by atoms with Crippen molar-refractivity contribution >= 4 is 27.5 Å². The van der Waals surface area contributed by atoms with Gasteiger partial charge in [-0.15, -0.1) is 0 Å². The quantitative estimate of drug-likeness (QED) is 0.742. The van der Waals surface area contributed by atoms with Gasteiger partial charge in [-0.3, -0.25) is 4.79 Å². The number of halogens is 1. The van der Waals surface area contributed by atoms with Crippen LogP contribution in [-0.4, -0.2) is 10.5 Å². The Morgan fingerprint density at radius 3 is 3.00 bits per heavy atom. The van der Waals surface area contributed by atoms with Crippen molar-refractivity contribution in [1.29, 1.82) is 0 Å². The number of rotatable bonds is 3. The number of nitrogens with zero attached hydrogens (tertiary/aromatic N) is 2. The minimum absolute atomic E-state index is 0.196. The number of hydrogen-bond acceptors (Lipinski definition) is 3. The van der Waals surface area contributed by atoms with Crippen LogP contribution in [0.25, 0.3) is 10.2 Å². The van der Waals surface area contributed by atoms with Crippen molar-refractivity contribution in [3.63, 3.8) is 0 Å². The van der Waals surface area contributed by atoms with E-state index in [0.29, 0.717) is 4.80 Å². The lowest BCUT2D eigenvalue weighted by Gasteiger charge is -2.01. The van der Waals surface area contributed by atoms with E-state index in [1.165, 1.54) is 29.7 Å². The highest BCUT2D eigenvalue weighted by Gasteiger charge is 2.11. The molecule has 0 fully saturated rings. The van der Waals surface area contributed by atoms with Gasteiger partial charge in [-0.25, -0.2) is 4.39 Å². The molecule has 0 unspecified atom stereocenters. The van der Waals surface area contributed by atoms with E-state index in [4.69, 9.17) is 4.42 Å². The highest BCUT2D eigenvalue weighted by atomic mass is 32.1. The van der Waals surface area contributed by atoms with E-state index in [0.717, 1.165) is 23.2 Å². The highest BCUT2D eigenvalue weighted by Crippen LogP contribution is 2.19. The smallest absolute Gasteiger partial charge is 0.315 e. The number of thiazole rings is 1. The monoisotopic (exact) mass is 304 g/mol. The van der Waals surface area contributed by atoms with E-state index in [1.54, 1.807) is 18.2 Å². The molecular formula is C15H13FN2O2S. The first-order valence-electron chi connectivity index (χ1n) is 6.60. The summed E-state index contributed by atoms with van der Waals surface area (Å²) >= 11 is 1.30. The molecule has 2 heterocycles. The number of amides is 1. The molecule has 4 nitrogen and oxygen atoms in total. The van der Waals surface area contributed by atoms with Crippen LogP contribution in [0.2, 0.25) is 0 Å². The molecule has 108 valence electrons. The van der Waals surface area contributed by atoms with Gasteiger partial charge in [-0.2, -0.15) is 4.99 Å². The Kier molecular flexibility index (Phi) is 3.70. The molecule has 0 saturated heterocycles. The summed E-state index contributed by atoms with van der Waals surface area (Å²) in [7, 11) is 0. The van der Waals surface area contributed by atoms with Crippen LogP contribution >= 0.6 is 11.3 Å². The molecule has 3 aromatic rings. The fraction of sp³-hybridized carbons (Fsp3) is 0.200. The van der Waals surface area contributed by atoms with Crippen molar-refractivity contribution in [2.75, 3.05) is 0 Å². The number of carbonyl (C=O) groups excluding carboxylic acids is 1. The van der Waals surface area contributed by atoms with Gasteiger partial charge in [0, 0.05) is 6.54 Å². The van der Waals surface area contributed by atoms with Gasteiger partial charge < -0.3 is 8.98 Å². The summed E-state index contributed by atoms with van der Waals surface area (Å²) in [6, 6.07) is 7.81. The Morgan fingerprint density at radius 1 is 1.43 bits per heavy atom. The van der Waals surface area contributed by atoms with Gasteiger partial charge in [0.05, 0.1) is 16.5 Å². The van der Waals surface area contributed by atoms with E-state index in [2.05, 4.69) is 4.99 Å². The number of furan rings is 1. The van der Waals surface area contributed by atoms with E-state index >= 15 is 0 Å². The van der Waals surface area contributed by atoms with E-state index < -0.39 is 5.91 Å². The standard InChI is InChI=1S/C15H13FN2O2S/c1-2-7-18-11-6-5-10(16)9-13(11)21-15(18)17-14(19)12-4-3-8-20-12/h3-6,8-9H,2,7H2,1H3. The predicted octanol–water partition coefficient (Wildman–Crippen LogP) is 3.59. The zero-order valence-corrected chi connectivity index (χ0v) is 12.2. The Labute approximate surface area is 124 Å². The summed E-state index contributed by atoms with van der Waals surface area (Å²) in [6.07, 6.45) is 2.33. The number of benzene rings is 1. The molecule has 0 radical (unpaired) electrons. The highest BCUT2D eigenvalue weighted by molar-refractivity contribution is 7.16. The molecule has 0 saturated carbocycles. The molecule has 2 aromatic heterocycles. The van der Waals surface area contributed by atoms with Gasteiger partial charge >= 0.3 is 5.91 Å². The molecule has 0 N–H and O–H groups in total. The fourth-order valence-corrected chi connectivity index (χ4v) is 3.19. The molecule has 6 heteroatoms. The summed E-state index contributed by atoms with van der Waals surface area (Å²) < 4.78 is 21.1. The van der Waals surface area contributed by atoms with Crippen LogP contribution in [0.5, 0.6) is 0 Å². The molecule has 0 atom stereocenters. The number of fused-ring (bicyclic) bond motifs is 1. The Balaban J connectivity index is 2.16. The summed E-state index contributed by atoms with van der Waals surface area (Å²) in [4.78, 5) is 16.7. The van der Waals surface area contributed by atoms with Crippen LogP contribution in [0.3, 0.4) is 0 Å². The average molecular weight is 304 g/mol. The SMILES string of the molecule is CCCn1c(=NC(=O)c2ccco2)sc2cc(F)ccc21. The van der Waals surface area contributed by atoms with Gasteiger partial charge in [-0.1, -0.05) is 18.3 Å². The second kappa shape index (κ2) is 5.65. The summed E-state index contributed by atoms with van der Waals surface area (Å²) in [5.74, 6) is -0.533. The first kappa shape index (κ1) is 13.8. The first-order valence-corrected chi connectivity index (χ1v) is 7.42. The lowest BCUT2D eigenvalue weighted by atomic mass is 10.3. The van der Waals surface area contributed by atoms with Crippen LogP contribution in [0.4, 0.5) is 4.39 Å². The molecule has 0 aliphatic rings. The normalized spacial score (nSPS) is 12.2. The molecular weight excluding hydrogens is 291 g/mol. The third kappa shape index (κ3) is 2.67. The maximum atomic E-state index is 13.3. The minimum Gasteiger partial charge on any atom is -0.459 e. The Morgan fingerprint density at radius 2 is 2.29 bits per heavy atom. The fourth-order valence-electron chi connectivity index (χ4n) is 2.11. The molecule has 1 aromatic carbocycles. The molecule has 3 rings (SSSR count). The van der Waals surface area contributed by atoms with Gasteiger partial charge in [-0.05, 0) is 36.8 Å². The second-order valence-corrected chi connectivity index (χ2v) is 5.55. The minimum atomic E-state index is -0.433. The third-order valence-electron chi connectivity index (χ3n) is 3.02. The molecule has 0 spiro atoms. The van der Waals surface area contributed by atoms with Crippen molar-refractivity contribution in [3.05, 3.63) is 53.0 Å². The molecule has 21 heavy (non-hydrogen) atoms. The van der Waals surface area contributed by atoms with Crippen molar-refractivity contribution in [2.45, 2.75) is 19.9 Å². The van der Waals surface area contributed by atoms with Crippen LogP contribution in [0, 0.1) is 5.82 Å². The van der Waals surface area contributed by atoms with E-state index in [9.17, 15) is 9.18 Å². The lowest BCUT2D eigenvalue weighted by Crippen LogP contribution is -2.16. The van der Waals surface area contributed by atoms with Crippen LogP contribution < -0.4 is 4.80 Å². The van der Waals surface area contributed by atoms with Gasteiger partial charge in [0.15, 0.2) is 10.6 Å². The zero-order valence-electron chi connectivity index (χ0n) is 11.4. The number of aromatic nitrogens is 1. The largest absolute Gasteiger partial charge is 0.459 e. The number of aryl methyl sites for hydroxylation is 1. The third-order valence-corrected chi connectivity index (χ3v) is 4.06. The second-order valence-electron chi connectivity index (χ2n) is 4.54. The van der Waals surface area contributed by atoms with Crippen molar-refractivity contribution < 1.29 is 13.6 Å². The lowest BCUT2D eigenvalue weighted by molar-refractivity contribution is 0.0971. The number of hydrogen-bond donors (Lipinski definition) is 0. The molecule has 0 aliphatic heterocycles. The summed E-state index contributed by atoms with van der Waals surface area (Å²) in [5.41, 5.74) is 0.884. The van der Waals surface area contributed by atoms with Gasteiger partial charge in [0.2, 0.25) is 0 Å². The van der Waals surface area contributed by atoms with Crippen molar-refractivity contribution in [1.82, 2.24) is 4.57 Å². The summed E-state index contributed by atoms with van der Waals surface area (Å²) in [5, 5.41) is 0. The van der Waals surface area contributed by atoms with Crippen LogP contribution in [-0.2, 0) is 6.54 Å². The van der Waals surface area contributed by atoms with Crippen LogP contribution in [0.1, 0.15) is 23.9 Å².